The highest BCUT2D eigenvalue weighted by Crippen LogP contribution is 2.33. The first kappa shape index (κ1) is 20.6. The molecule has 0 fully saturated rings. The maximum absolute atomic E-state index is 12.2. The zero-order chi connectivity index (χ0) is 21.8. The molecule has 1 N–H and O–H groups in total. The number of aromatic amines is 1. The molecule has 3 aromatic rings. The second kappa shape index (κ2) is 9.02. The minimum Gasteiger partial charge on any atom is -0.364 e. The number of imidazole rings is 1. The van der Waals surface area contributed by atoms with Crippen LogP contribution in [-0.2, 0) is 24.4 Å². The summed E-state index contributed by atoms with van der Waals surface area (Å²) in [6, 6.07) is 16.6. The first-order valence-electron chi connectivity index (χ1n) is 10.3. The van der Waals surface area contributed by atoms with E-state index < -0.39 is 5.91 Å². The number of hydrogen-bond donors (Lipinski definition) is 1. The Hall–Kier alpha value is -3.63. The van der Waals surface area contributed by atoms with Crippen molar-refractivity contribution in [2.24, 2.45) is 0 Å². The first-order chi connectivity index (χ1) is 15.0. The smallest absolute Gasteiger partial charge is 0.325 e. The van der Waals surface area contributed by atoms with E-state index in [1.807, 2.05) is 6.20 Å². The third kappa shape index (κ3) is 4.60. The van der Waals surface area contributed by atoms with Gasteiger partial charge in [-0.15, -0.1) is 0 Å². The van der Waals surface area contributed by atoms with Crippen molar-refractivity contribution in [3.05, 3.63) is 71.8 Å². The minimum atomic E-state index is -0.493. The van der Waals surface area contributed by atoms with Gasteiger partial charge in [0.15, 0.2) is 6.07 Å². The Morgan fingerprint density at radius 3 is 2.81 bits per heavy atom. The average molecular weight is 415 g/mol. The fourth-order valence-corrected chi connectivity index (χ4v) is 4.10. The molecule has 4 rings (SSSR count). The fraction of sp³-hybridized carbons (Fsp3) is 0.292. The lowest BCUT2D eigenvalue weighted by Gasteiger charge is -2.24. The summed E-state index contributed by atoms with van der Waals surface area (Å²) >= 11 is 0. The summed E-state index contributed by atoms with van der Waals surface area (Å²) in [5.74, 6) is -0.493. The van der Waals surface area contributed by atoms with Crippen LogP contribution in [0.4, 0.5) is 5.69 Å². The molecule has 1 aliphatic heterocycles. The summed E-state index contributed by atoms with van der Waals surface area (Å²) in [5.41, 5.74) is 6.67. The average Bonchev–Trinajstić information content (AvgIpc) is 3.21. The van der Waals surface area contributed by atoms with E-state index in [-0.39, 0.29) is 0 Å². The second-order valence-corrected chi connectivity index (χ2v) is 8.08. The molecule has 158 valence electrons. The van der Waals surface area contributed by atoms with Gasteiger partial charge in [-0.25, -0.2) is 4.98 Å². The van der Waals surface area contributed by atoms with Crippen molar-refractivity contribution in [1.82, 2.24) is 19.8 Å². The van der Waals surface area contributed by atoms with Gasteiger partial charge in [0, 0.05) is 38.1 Å². The van der Waals surface area contributed by atoms with Gasteiger partial charge in [0.2, 0.25) is 0 Å². The topological polar surface area (TPSA) is 79.3 Å². The number of nitrogens with one attached hydrogen (secondary N) is 1. The quantitative estimate of drug-likeness (QED) is 0.650. The summed E-state index contributed by atoms with van der Waals surface area (Å²) < 4.78 is 0. The monoisotopic (exact) mass is 414 g/mol. The molecular formula is C24H26N6O. The van der Waals surface area contributed by atoms with E-state index in [0.717, 1.165) is 29.1 Å². The van der Waals surface area contributed by atoms with Crippen molar-refractivity contribution >= 4 is 11.6 Å². The maximum atomic E-state index is 12.2. The number of rotatable bonds is 5. The molecule has 2 heterocycles. The lowest BCUT2D eigenvalue weighted by atomic mass is 9.96. The highest BCUT2D eigenvalue weighted by atomic mass is 16.2. The number of fused-ring (bicyclic) bond motifs is 1. The van der Waals surface area contributed by atoms with Crippen LogP contribution in [0.5, 0.6) is 0 Å². The third-order valence-corrected chi connectivity index (χ3v) is 5.54. The van der Waals surface area contributed by atoms with Crippen LogP contribution in [-0.4, -0.2) is 52.9 Å². The van der Waals surface area contributed by atoms with E-state index in [0.29, 0.717) is 26.2 Å². The van der Waals surface area contributed by atoms with Gasteiger partial charge in [0.1, 0.15) is 0 Å². The zero-order valence-corrected chi connectivity index (χ0v) is 17.9. The van der Waals surface area contributed by atoms with Gasteiger partial charge in [-0.3, -0.25) is 4.79 Å². The molecule has 1 aliphatic rings. The van der Waals surface area contributed by atoms with Gasteiger partial charge >= 0.3 is 5.91 Å². The number of hydrogen-bond acceptors (Lipinski definition) is 5. The molecule has 0 bridgehead atoms. The molecule has 0 atom stereocenters. The van der Waals surface area contributed by atoms with Gasteiger partial charge in [0.05, 0.1) is 18.6 Å². The molecule has 1 aromatic heterocycles. The number of carbonyl (C=O) groups excluding carboxylic acids is 1. The summed E-state index contributed by atoms with van der Waals surface area (Å²) in [5, 5.41) is 9.18. The third-order valence-electron chi connectivity index (χ3n) is 5.54. The highest BCUT2D eigenvalue weighted by Gasteiger charge is 2.24. The Labute approximate surface area is 182 Å². The maximum Gasteiger partial charge on any atom is 0.325 e. The number of anilines is 1. The van der Waals surface area contributed by atoms with E-state index in [1.165, 1.54) is 11.1 Å². The van der Waals surface area contributed by atoms with Gasteiger partial charge in [-0.05, 0) is 48.5 Å². The molecule has 1 amide bonds. The number of carbonyl (C=O) groups is 1. The first-order valence-corrected chi connectivity index (χ1v) is 10.3. The summed E-state index contributed by atoms with van der Waals surface area (Å²) in [7, 11) is 4.12. The van der Waals surface area contributed by atoms with Gasteiger partial charge in [-0.2, -0.15) is 5.26 Å². The summed E-state index contributed by atoms with van der Waals surface area (Å²) in [4.78, 5) is 25.5. The van der Waals surface area contributed by atoms with Crippen LogP contribution in [0.25, 0.3) is 11.1 Å². The Bertz CT molecular complexity index is 1100. The van der Waals surface area contributed by atoms with Crippen LogP contribution < -0.4 is 4.90 Å². The Kier molecular flexibility index (Phi) is 6.01. The van der Waals surface area contributed by atoms with Crippen molar-refractivity contribution in [3.8, 4) is 17.2 Å². The van der Waals surface area contributed by atoms with Gasteiger partial charge in [-0.1, -0.05) is 30.3 Å². The number of aromatic nitrogens is 2. The fourth-order valence-electron chi connectivity index (χ4n) is 4.10. The number of nitriles is 1. The Morgan fingerprint density at radius 1 is 1.23 bits per heavy atom. The molecule has 0 radical (unpaired) electrons. The number of nitrogens with zero attached hydrogens (tertiary/aromatic N) is 5. The zero-order valence-electron chi connectivity index (χ0n) is 17.9. The molecule has 7 nitrogen and oxygen atoms in total. The largest absolute Gasteiger partial charge is 0.364 e. The SMILES string of the molecule is CN(C)Cc1ccccc1-c1ccc2c(c1)CN(C(=O)C#N)CCN2Cc1cnc[nH]1. The lowest BCUT2D eigenvalue weighted by Crippen LogP contribution is -2.34. The summed E-state index contributed by atoms with van der Waals surface area (Å²) in [6.45, 7) is 3.08. The molecule has 31 heavy (non-hydrogen) atoms. The van der Waals surface area contributed by atoms with Crippen LogP contribution in [0, 0.1) is 11.3 Å². The molecule has 0 saturated carbocycles. The van der Waals surface area contributed by atoms with Crippen LogP contribution in [0.3, 0.4) is 0 Å². The summed E-state index contributed by atoms with van der Waals surface area (Å²) in [6.07, 6.45) is 3.49. The van der Waals surface area contributed by atoms with Crippen molar-refractivity contribution < 1.29 is 4.79 Å². The minimum absolute atomic E-state index is 0.422. The Morgan fingerprint density at radius 2 is 2.06 bits per heavy atom. The molecule has 0 unspecified atom stereocenters. The molecule has 2 aromatic carbocycles. The van der Waals surface area contributed by atoms with E-state index in [4.69, 9.17) is 0 Å². The van der Waals surface area contributed by atoms with Crippen molar-refractivity contribution in [2.75, 3.05) is 32.1 Å². The number of amides is 1. The molecule has 7 heteroatoms. The predicted octanol–water partition coefficient (Wildman–Crippen LogP) is 3.01. The van der Waals surface area contributed by atoms with E-state index in [1.54, 1.807) is 17.3 Å². The van der Waals surface area contributed by atoms with Crippen molar-refractivity contribution in [1.29, 1.82) is 5.26 Å². The molecular weight excluding hydrogens is 388 g/mol. The molecule has 0 aliphatic carbocycles. The van der Waals surface area contributed by atoms with Gasteiger partial charge < -0.3 is 19.7 Å². The van der Waals surface area contributed by atoms with Crippen molar-refractivity contribution in [3.63, 3.8) is 0 Å². The number of benzene rings is 2. The van der Waals surface area contributed by atoms with E-state index >= 15 is 0 Å². The normalized spacial score (nSPS) is 13.6. The highest BCUT2D eigenvalue weighted by molar-refractivity contribution is 5.91. The molecule has 0 spiro atoms. The van der Waals surface area contributed by atoms with Crippen LogP contribution in [0.15, 0.2) is 55.0 Å². The van der Waals surface area contributed by atoms with E-state index in [9.17, 15) is 10.1 Å². The molecule has 0 saturated heterocycles. The number of H-pyrrole nitrogens is 1. The second-order valence-electron chi connectivity index (χ2n) is 8.08. The van der Waals surface area contributed by atoms with Crippen LogP contribution in [0.1, 0.15) is 16.8 Å². The van der Waals surface area contributed by atoms with Crippen LogP contribution >= 0.6 is 0 Å². The lowest BCUT2D eigenvalue weighted by molar-refractivity contribution is -0.125. The van der Waals surface area contributed by atoms with Gasteiger partial charge in [0.25, 0.3) is 0 Å². The predicted molar refractivity (Wildman–Crippen MR) is 120 cm³/mol. The van der Waals surface area contributed by atoms with Crippen molar-refractivity contribution in [2.45, 2.75) is 19.6 Å². The van der Waals surface area contributed by atoms with Crippen LogP contribution in [0.2, 0.25) is 0 Å². The van der Waals surface area contributed by atoms with E-state index in [2.05, 4.69) is 76.3 Å². The Balaban J connectivity index is 1.74. The standard InChI is InChI=1S/C24H26N6O/c1-28(2)14-19-5-3-4-6-22(19)18-7-8-23-20(11-18)15-30(24(31)12-25)10-9-29(23)16-21-13-26-17-27-21/h3-8,11,13,17H,9-10,14-16H2,1-2H3,(H,26,27).